The molecule has 1 heterocycles. The smallest absolute Gasteiger partial charge is 0.347 e. The fraction of sp³-hybridized carbons (Fsp3) is 0.286. The number of carbonyl (C=O) groups is 1. The highest BCUT2D eigenvalue weighted by Gasteiger charge is 2.18. The molecular weight excluding hydrogens is 258 g/mol. The van der Waals surface area contributed by atoms with Gasteiger partial charge in [0.1, 0.15) is 12.3 Å². The van der Waals surface area contributed by atoms with Gasteiger partial charge >= 0.3 is 5.97 Å². The van der Waals surface area contributed by atoms with Crippen LogP contribution in [0, 0.1) is 0 Å². The summed E-state index contributed by atoms with van der Waals surface area (Å²) in [7, 11) is 1.91. The average molecular weight is 275 g/mol. The van der Waals surface area contributed by atoms with Gasteiger partial charge in [-0.05, 0) is 6.07 Å². The number of nitrogens with zero attached hydrogens (tertiary/aromatic N) is 2. The third kappa shape index (κ3) is 3.58. The molecule has 1 aromatic rings. The summed E-state index contributed by atoms with van der Waals surface area (Å²) in [5.74, 6) is -0.468. The van der Waals surface area contributed by atoms with Gasteiger partial charge in [0, 0.05) is 12.6 Å². The van der Waals surface area contributed by atoms with Crippen molar-refractivity contribution in [2.45, 2.75) is 0 Å². The molecule has 0 unspecified atom stereocenters. The van der Waals surface area contributed by atoms with Gasteiger partial charge < -0.3 is 15.0 Å². The Kier molecular flexibility index (Phi) is 4.73. The van der Waals surface area contributed by atoms with E-state index in [4.69, 9.17) is 9.57 Å². The zero-order valence-electron chi connectivity index (χ0n) is 11.3. The second-order valence-corrected chi connectivity index (χ2v) is 4.30. The summed E-state index contributed by atoms with van der Waals surface area (Å²) >= 11 is 0. The summed E-state index contributed by atoms with van der Waals surface area (Å²) in [5.41, 5.74) is 5.89. The zero-order chi connectivity index (χ0) is 14.4. The van der Waals surface area contributed by atoms with Gasteiger partial charge in [0.2, 0.25) is 6.61 Å². The van der Waals surface area contributed by atoms with Crippen molar-refractivity contribution in [3.63, 3.8) is 0 Å². The van der Waals surface area contributed by atoms with Crippen LogP contribution in [0.2, 0.25) is 0 Å². The molecule has 0 aromatic heterocycles. The normalized spacial score (nSPS) is 16.1. The number of fused-ring (bicyclic) bond motifs is 1. The summed E-state index contributed by atoms with van der Waals surface area (Å²) in [6.07, 6.45) is 1.50. The minimum atomic E-state index is -0.468. The number of benzene rings is 1. The second-order valence-electron chi connectivity index (χ2n) is 4.30. The first-order valence-electron chi connectivity index (χ1n) is 6.23. The topological polar surface area (TPSA) is 63.2 Å². The molecule has 2 rings (SSSR count). The minimum Gasteiger partial charge on any atom is -0.459 e. The van der Waals surface area contributed by atoms with Gasteiger partial charge in [-0.15, -0.1) is 0 Å². The first-order valence-corrected chi connectivity index (χ1v) is 6.23. The van der Waals surface area contributed by atoms with Crippen molar-refractivity contribution in [2.75, 3.05) is 32.2 Å². The number of hydrazine groups is 1. The molecule has 106 valence electrons. The van der Waals surface area contributed by atoms with Crippen LogP contribution in [0.5, 0.6) is 0 Å². The largest absolute Gasteiger partial charge is 0.459 e. The predicted octanol–water partition coefficient (Wildman–Crippen LogP) is 1.41. The Hall–Kier alpha value is -2.34. The molecule has 6 heteroatoms. The highest BCUT2D eigenvalue weighted by atomic mass is 16.7. The molecule has 0 spiro atoms. The van der Waals surface area contributed by atoms with E-state index >= 15 is 0 Å². The second kappa shape index (κ2) is 6.72. The van der Waals surface area contributed by atoms with E-state index in [2.05, 4.69) is 17.2 Å². The number of para-hydroxylation sites is 1. The number of likely N-dealkylation sites (N-methyl/N-ethyl adjacent to an activating group) is 1. The molecule has 0 bridgehead atoms. The molecule has 0 amide bonds. The fourth-order valence-corrected chi connectivity index (χ4v) is 1.82. The molecule has 0 aliphatic carbocycles. The van der Waals surface area contributed by atoms with Crippen molar-refractivity contribution in [1.29, 1.82) is 0 Å². The number of esters is 1. The molecule has 1 aliphatic rings. The van der Waals surface area contributed by atoms with Crippen LogP contribution >= 0.6 is 0 Å². The maximum Gasteiger partial charge on any atom is 0.347 e. The Bertz CT molecular complexity index is 528. The Labute approximate surface area is 117 Å². The van der Waals surface area contributed by atoms with Crippen LogP contribution < -0.4 is 5.43 Å². The number of rotatable bonds is 5. The summed E-state index contributed by atoms with van der Waals surface area (Å²) in [6.45, 7) is 4.01. The Morgan fingerprint density at radius 1 is 1.55 bits per heavy atom. The average Bonchev–Trinajstić information content (AvgIpc) is 2.45. The number of nitrogens with one attached hydrogen (secondary N) is 1. The lowest BCUT2D eigenvalue weighted by molar-refractivity contribution is -0.147. The van der Waals surface area contributed by atoms with Gasteiger partial charge in [0.15, 0.2) is 0 Å². The fourth-order valence-electron chi connectivity index (χ4n) is 1.82. The molecular formula is C14H17N3O3. The van der Waals surface area contributed by atoms with E-state index in [0.717, 1.165) is 17.0 Å². The molecule has 0 fully saturated rings. The number of carbonyl (C=O) groups excluding carboxylic acids is 1. The molecule has 0 saturated carbocycles. The van der Waals surface area contributed by atoms with Gasteiger partial charge in [-0.25, -0.2) is 9.80 Å². The number of ether oxygens (including phenoxy) is 1. The van der Waals surface area contributed by atoms with Gasteiger partial charge in [0.05, 0.1) is 12.2 Å². The number of oxime groups is 1. The third-order valence-electron chi connectivity index (χ3n) is 2.66. The molecule has 0 atom stereocenters. The Balaban J connectivity index is 2.00. The number of anilines is 1. The van der Waals surface area contributed by atoms with Crippen LogP contribution in [-0.2, 0) is 14.4 Å². The molecule has 1 N–H and O–H groups in total. The van der Waals surface area contributed by atoms with Crippen LogP contribution in [-0.4, -0.2) is 43.5 Å². The predicted molar refractivity (Wildman–Crippen MR) is 76.3 cm³/mol. The quantitative estimate of drug-likeness (QED) is 0.500. The van der Waals surface area contributed by atoms with Crippen LogP contribution in [0.1, 0.15) is 5.56 Å². The number of hydrogen-bond acceptors (Lipinski definition) is 6. The van der Waals surface area contributed by atoms with E-state index in [9.17, 15) is 4.79 Å². The van der Waals surface area contributed by atoms with E-state index in [1.54, 1.807) is 0 Å². The van der Waals surface area contributed by atoms with Crippen LogP contribution in [0.4, 0.5) is 5.69 Å². The lowest BCUT2D eigenvalue weighted by Crippen LogP contribution is -2.37. The van der Waals surface area contributed by atoms with E-state index in [1.807, 2.05) is 36.3 Å². The standard InChI is InChI=1S/C14H17N3O3/c1-3-8-19-14(18)10-20-16-13-9-17(2)15-12-7-5-4-6-11(12)13/h3-7,15H,1,8-10H2,2H3/b16-13+. The van der Waals surface area contributed by atoms with Crippen molar-refractivity contribution in [1.82, 2.24) is 5.01 Å². The van der Waals surface area contributed by atoms with E-state index in [-0.39, 0.29) is 13.2 Å². The molecule has 0 radical (unpaired) electrons. The monoisotopic (exact) mass is 275 g/mol. The zero-order valence-corrected chi connectivity index (χ0v) is 11.3. The summed E-state index contributed by atoms with van der Waals surface area (Å²) in [5, 5.41) is 5.92. The lowest BCUT2D eigenvalue weighted by Gasteiger charge is -2.27. The third-order valence-corrected chi connectivity index (χ3v) is 2.66. The van der Waals surface area contributed by atoms with Gasteiger partial charge in [-0.2, -0.15) is 0 Å². The highest BCUT2D eigenvalue weighted by Crippen LogP contribution is 2.21. The molecule has 1 aromatic carbocycles. The van der Waals surface area contributed by atoms with Gasteiger partial charge in [-0.1, -0.05) is 36.0 Å². The molecule has 0 saturated heterocycles. The van der Waals surface area contributed by atoms with Gasteiger partial charge in [-0.3, -0.25) is 0 Å². The minimum absolute atomic E-state index is 0.175. The Morgan fingerprint density at radius 2 is 2.35 bits per heavy atom. The lowest BCUT2D eigenvalue weighted by atomic mass is 10.1. The maximum atomic E-state index is 11.3. The van der Waals surface area contributed by atoms with Crippen molar-refractivity contribution < 1.29 is 14.4 Å². The maximum absolute atomic E-state index is 11.3. The van der Waals surface area contributed by atoms with Crippen molar-refractivity contribution in [3.8, 4) is 0 Å². The summed E-state index contributed by atoms with van der Waals surface area (Å²) < 4.78 is 4.80. The number of hydrogen-bond donors (Lipinski definition) is 1. The molecule has 1 aliphatic heterocycles. The van der Waals surface area contributed by atoms with E-state index in [0.29, 0.717) is 6.54 Å². The van der Waals surface area contributed by atoms with E-state index in [1.165, 1.54) is 6.08 Å². The SMILES string of the molecule is C=CCOC(=O)CO/N=C1\CN(C)Nc2ccccc21. The Morgan fingerprint density at radius 3 is 3.15 bits per heavy atom. The first kappa shape index (κ1) is 14.1. The van der Waals surface area contributed by atoms with E-state index < -0.39 is 5.97 Å². The molecule has 20 heavy (non-hydrogen) atoms. The van der Waals surface area contributed by atoms with Gasteiger partial charge in [0.25, 0.3) is 0 Å². The highest BCUT2D eigenvalue weighted by molar-refractivity contribution is 6.07. The molecule has 6 nitrogen and oxygen atoms in total. The van der Waals surface area contributed by atoms with Crippen molar-refractivity contribution in [3.05, 3.63) is 42.5 Å². The first-order chi connectivity index (χ1) is 9.70. The summed E-state index contributed by atoms with van der Waals surface area (Å²) in [4.78, 5) is 16.3. The van der Waals surface area contributed by atoms with Crippen LogP contribution in [0.15, 0.2) is 42.1 Å². The van der Waals surface area contributed by atoms with Crippen molar-refractivity contribution >= 4 is 17.4 Å². The van der Waals surface area contributed by atoms with Crippen LogP contribution in [0.3, 0.4) is 0 Å². The van der Waals surface area contributed by atoms with Crippen LogP contribution in [0.25, 0.3) is 0 Å². The van der Waals surface area contributed by atoms with Crippen molar-refractivity contribution in [2.24, 2.45) is 5.16 Å². The summed E-state index contributed by atoms with van der Waals surface area (Å²) in [6, 6.07) is 7.78.